The summed E-state index contributed by atoms with van der Waals surface area (Å²) in [7, 11) is 4.00. The van der Waals surface area contributed by atoms with Crippen LogP contribution in [0.2, 0.25) is 0 Å². The van der Waals surface area contributed by atoms with E-state index in [-0.39, 0.29) is 5.56 Å². The molecule has 0 saturated heterocycles. The van der Waals surface area contributed by atoms with Gasteiger partial charge in [-0.25, -0.2) is 4.39 Å². The highest BCUT2D eigenvalue weighted by Crippen LogP contribution is 2.11. The average molecular weight is 253 g/mol. The number of hydrogen-bond acceptors (Lipinski definition) is 3. The summed E-state index contributed by atoms with van der Waals surface area (Å²) < 4.78 is 13.4. The lowest BCUT2D eigenvalue weighted by atomic mass is 10.2. The average Bonchev–Trinajstić information content (AvgIpc) is 2.27. The molecule has 0 aliphatic rings. The SMILES string of the molecule is CN(C)CCCCNC(=O)c1ccc(N)cc1F. The quantitative estimate of drug-likeness (QED) is 0.596. The van der Waals surface area contributed by atoms with E-state index in [2.05, 4.69) is 10.2 Å². The predicted molar refractivity (Wildman–Crippen MR) is 70.9 cm³/mol. The third-order valence-corrected chi connectivity index (χ3v) is 2.56. The molecular formula is C13H20FN3O. The van der Waals surface area contributed by atoms with Gasteiger partial charge in [0.15, 0.2) is 0 Å². The number of carbonyl (C=O) groups is 1. The second kappa shape index (κ2) is 6.96. The molecule has 0 radical (unpaired) electrons. The van der Waals surface area contributed by atoms with Crippen molar-refractivity contribution in [1.82, 2.24) is 10.2 Å². The summed E-state index contributed by atoms with van der Waals surface area (Å²) in [5, 5.41) is 2.69. The number of anilines is 1. The van der Waals surface area contributed by atoms with E-state index in [0.29, 0.717) is 12.2 Å². The maximum absolute atomic E-state index is 13.4. The van der Waals surface area contributed by atoms with Crippen molar-refractivity contribution in [2.75, 3.05) is 32.9 Å². The summed E-state index contributed by atoms with van der Waals surface area (Å²) >= 11 is 0. The molecule has 0 aliphatic heterocycles. The van der Waals surface area contributed by atoms with Crippen molar-refractivity contribution in [1.29, 1.82) is 0 Å². The first kappa shape index (κ1) is 14.4. The molecule has 0 saturated carbocycles. The lowest BCUT2D eigenvalue weighted by molar-refractivity contribution is 0.0949. The zero-order chi connectivity index (χ0) is 13.5. The Morgan fingerprint density at radius 2 is 2.11 bits per heavy atom. The molecule has 0 spiro atoms. The number of halogens is 1. The van der Waals surface area contributed by atoms with E-state index in [1.165, 1.54) is 12.1 Å². The van der Waals surface area contributed by atoms with E-state index in [1.807, 2.05) is 14.1 Å². The summed E-state index contributed by atoms with van der Waals surface area (Å²) in [6.45, 7) is 1.53. The number of nitrogens with zero attached hydrogens (tertiary/aromatic N) is 1. The van der Waals surface area contributed by atoms with Gasteiger partial charge in [-0.15, -0.1) is 0 Å². The fourth-order valence-electron chi connectivity index (χ4n) is 1.57. The summed E-state index contributed by atoms with van der Waals surface area (Å²) in [5.74, 6) is -0.974. The molecule has 1 aromatic rings. The van der Waals surface area contributed by atoms with Crippen molar-refractivity contribution in [3.05, 3.63) is 29.6 Å². The van der Waals surface area contributed by atoms with Crippen molar-refractivity contribution in [3.63, 3.8) is 0 Å². The fourth-order valence-corrected chi connectivity index (χ4v) is 1.57. The first-order valence-electron chi connectivity index (χ1n) is 5.98. The second-order valence-corrected chi connectivity index (χ2v) is 4.51. The molecule has 5 heteroatoms. The zero-order valence-corrected chi connectivity index (χ0v) is 10.9. The number of nitrogen functional groups attached to an aromatic ring is 1. The molecule has 1 amide bonds. The summed E-state index contributed by atoms with van der Waals surface area (Å²) in [4.78, 5) is 13.8. The van der Waals surface area contributed by atoms with Crippen LogP contribution in [0.1, 0.15) is 23.2 Å². The Labute approximate surface area is 107 Å². The van der Waals surface area contributed by atoms with Gasteiger partial charge in [0.1, 0.15) is 5.82 Å². The van der Waals surface area contributed by atoms with E-state index in [1.54, 1.807) is 0 Å². The van der Waals surface area contributed by atoms with Crippen LogP contribution in [0.15, 0.2) is 18.2 Å². The van der Waals surface area contributed by atoms with Gasteiger partial charge >= 0.3 is 0 Å². The predicted octanol–water partition coefficient (Wildman–Crippen LogP) is 1.48. The largest absolute Gasteiger partial charge is 0.399 e. The van der Waals surface area contributed by atoms with Gasteiger partial charge in [0.2, 0.25) is 0 Å². The molecule has 0 aliphatic carbocycles. The molecule has 4 nitrogen and oxygen atoms in total. The van der Waals surface area contributed by atoms with Gasteiger partial charge in [-0.2, -0.15) is 0 Å². The first-order chi connectivity index (χ1) is 8.50. The Kier molecular flexibility index (Phi) is 5.58. The topological polar surface area (TPSA) is 58.4 Å². The molecule has 0 atom stereocenters. The van der Waals surface area contributed by atoms with Crippen LogP contribution < -0.4 is 11.1 Å². The Morgan fingerprint density at radius 3 is 2.72 bits per heavy atom. The minimum Gasteiger partial charge on any atom is -0.399 e. The van der Waals surface area contributed by atoms with E-state index < -0.39 is 11.7 Å². The maximum atomic E-state index is 13.4. The van der Waals surface area contributed by atoms with Crippen LogP contribution in [0, 0.1) is 5.82 Å². The second-order valence-electron chi connectivity index (χ2n) is 4.51. The smallest absolute Gasteiger partial charge is 0.254 e. The van der Waals surface area contributed by atoms with Crippen LogP contribution in [0.25, 0.3) is 0 Å². The number of unbranched alkanes of at least 4 members (excludes halogenated alkanes) is 1. The van der Waals surface area contributed by atoms with E-state index in [9.17, 15) is 9.18 Å². The normalized spacial score (nSPS) is 10.7. The number of amides is 1. The third kappa shape index (κ3) is 4.71. The standard InChI is InChI=1S/C13H20FN3O/c1-17(2)8-4-3-7-16-13(18)11-6-5-10(15)9-12(11)14/h5-6,9H,3-4,7-8,15H2,1-2H3,(H,16,18). The monoisotopic (exact) mass is 253 g/mol. The molecule has 18 heavy (non-hydrogen) atoms. The number of carbonyl (C=O) groups excluding carboxylic acids is 1. The molecule has 3 N–H and O–H groups in total. The third-order valence-electron chi connectivity index (χ3n) is 2.56. The van der Waals surface area contributed by atoms with Crippen molar-refractivity contribution >= 4 is 11.6 Å². The van der Waals surface area contributed by atoms with Crippen LogP contribution in [-0.2, 0) is 0 Å². The first-order valence-corrected chi connectivity index (χ1v) is 5.98. The Hall–Kier alpha value is -1.62. The molecule has 0 heterocycles. The van der Waals surface area contributed by atoms with Gasteiger partial charge in [-0.1, -0.05) is 0 Å². The Bertz CT molecular complexity index is 407. The Morgan fingerprint density at radius 1 is 1.39 bits per heavy atom. The molecule has 0 fully saturated rings. The number of hydrogen-bond donors (Lipinski definition) is 2. The molecule has 1 aromatic carbocycles. The van der Waals surface area contributed by atoms with Crippen molar-refractivity contribution in [2.24, 2.45) is 0 Å². The highest BCUT2D eigenvalue weighted by atomic mass is 19.1. The number of nitrogens with two attached hydrogens (primary N) is 1. The molecule has 100 valence electrons. The van der Waals surface area contributed by atoms with Crippen LogP contribution in [-0.4, -0.2) is 38.0 Å². The minimum atomic E-state index is -0.583. The van der Waals surface area contributed by atoms with Crippen LogP contribution in [0.5, 0.6) is 0 Å². The van der Waals surface area contributed by atoms with Crippen LogP contribution in [0.3, 0.4) is 0 Å². The van der Waals surface area contributed by atoms with Crippen LogP contribution in [0.4, 0.5) is 10.1 Å². The number of benzene rings is 1. The van der Waals surface area contributed by atoms with Gasteiger partial charge in [0.25, 0.3) is 5.91 Å². The fraction of sp³-hybridized carbons (Fsp3) is 0.462. The lowest BCUT2D eigenvalue weighted by Gasteiger charge is -2.09. The molecule has 0 bridgehead atoms. The number of rotatable bonds is 6. The maximum Gasteiger partial charge on any atom is 0.254 e. The van der Waals surface area contributed by atoms with Gasteiger partial charge in [0.05, 0.1) is 5.56 Å². The van der Waals surface area contributed by atoms with Crippen molar-refractivity contribution in [2.45, 2.75) is 12.8 Å². The molecule has 0 aromatic heterocycles. The van der Waals surface area contributed by atoms with Gasteiger partial charge in [-0.3, -0.25) is 4.79 Å². The highest BCUT2D eigenvalue weighted by Gasteiger charge is 2.10. The molecule has 0 unspecified atom stereocenters. The number of nitrogens with one attached hydrogen (secondary N) is 1. The molecular weight excluding hydrogens is 233 g/mol. The van der Waals surface area contributed by atoms with Crippen molar-refractivity contribution < 1.29 is 9.18 Å². The van der Waals surface area contributed by atoms with Gasteiger partial charge < -0.3 is 16.0 Å². The summed E-state index contributed by atoms with van der Waals surface area (Å²) in [6.07, 6.45) is 1.87. The minimum absolute atomic E-state index is 0.0387. The van der Waals surface area contributed by atoms with E-state index in [4.69, 9.17) is 5.73 Å². The van der Waals surface area contributed by atoms with Gasteiger partial charge in [-0.05, 0) is 51.7 Å². The Balaban J connectivity index is 2.36. The van der Waals surface area contributed by atoms with Crippen molar-refractivity contribution in [3.8, 4) is 0 Å². The zero-order valence-electron chi connectivity index (χ0n) is 10.9. The van der Waals surface area contributed by atoms with E-state index >= 15 is 0 Å². The van der Waals surface area contributed by atoms with E-state index in [0.717, 1.165) is 25.5 Å². The summed E-state index contributed by atoms with van der Waals surface area (Å²) in [6, 6.07) is 4.07. The lowest BCUT2D eigenvalue weighted by Crippen LogP contribution is -2.26. The highest BCUT2D eigenvalue weighted by molar-refractivity contribution is 5.94. The van der Waals surface area contributed by atoms with Crippen LogP contribution >= 0.6 is 0 Å². The molecule has 1 rings (SSSR count). The summed E-state index contributed by atoms with van der Waals surface area (Å²) in [5.41, 5.74) is 5.77. The van der Waals surface area contributed by atoms with Gasteiger partial charge in [0, 0.05) is 12.2 Å².